The highest BCUT2D eigenvalue weighted by atomic mass is 35.5. The van der Waals surface area contributed by atoms with Crippen LogP contribution in [0.25, 0.3) is 0 Å². The number of furan rings is 1. The predicted octanol–water partition coefficient (Wildman–Crippen LogP) is 2.27. The van der Waals surface area contributed by atoms with Gasteiger partial charge in [-0.15, -0.1) is 12.4 Å². The molecule has 142 valence electrons. The van der Waals surface area contributed by atoms with Crippen molar-refractivity contribution in [2.24, 2.45) is 11.8 Å². The highest BCUT2D eigenvalue weighted by Gasteiger charge is 2.21. The van der Waals surface area contributed by atoms with Gasteiger partial charge in [-0.05, 0) is 57.2 Å². The largest absolute Gasteiger partial charge is 0.459 e. The molecule has 0 radical (unpaired) electrons. The molecule has 25 heavy (non-hydrogen) atoms. The van der Waals surface area contributed by atoms with Gasteiger partial charge in [0.25, 0.3) is 5.91 Å². The van der Waals surface area contributed by atoms with Crippen molar-refractivity contribution in [2.45, 2.75) is 39.5 Å². The van der Waals surface area contributed by atoms with Gasteiger partial charge >= 0.3 is 0 Å². The lowest BCUT2D eigenvalue weighted by atomic mass is 9.84. The van der Waals surface area contributed by atoms with Crippen molar-refractivity contribution in [3.63, 3.8) is 0 Å². The number of nitrogens with one attached hydrogen (secondary N) is 3. The molecule has 0 aliphatic carbocycles. The van der Waals surface area contributed by atoms with Crippen LogP contribution in [0, 0.1) is 18.8 Å². The summed E-state index contributed by atoms with van der Waals surface area (Å²) in [5, 5.41) is 9.10. The van der Waals surface area contributed by atoms with Crippen molar-refractivity contribution >= 4 is 24.2 Å². The molecule has 0 spiro atoms. The van der Waals surface area contributed by atoms with E-state index in [9.17, 15) is 9.59 Å². The smallest absolute Gasteiger partial charge is 0.287 e. The summed E-state index contributed by atoms with van der Waals surface area (Å²) in [5.41, 5.74) is 0.827. The quantitative estimate of drug-likeness (QED) is 0.612. The molecule has 2 amide bonds. The van der Waals surface area contributed by atoms with Gasteiger partial charge in [-0.3, -0.25) is 9.59 Å². The van der Waals surface area contributed by atoms with Crippen LogP contribution in [0.1, 0.15) is 48.7 Å². The molecule has 2 heterocycles. The number of hydrogen-bond donors (Lipinski definition) is 3. The standard InChI is InChI=1S/C18H29N3O3.ClH/c1-13-6-11-24-17(13)18(23)21-8-3-7-20-16(22)12-14(2)15-4-9-19-10-5-15;/h6,11,14-15,19H,3-5,7-10,12H2,1-2H3,(H,20,22)(H,21,23);1H. The van der Waals surface area contributed by atoms with E-state index in [2.05, 4.69) is 22.9 Å². The Morgan fingerprint density at radius 2 is 1.96 bits per heavy atom. The van der Waals surface area contributed by atoms with Gasteiger partial charge in [0, 0.05) is 25.1 Å². The number of hydrogen-bond acceptors (Lipinski definition) is 4. The molecule has 1 aromatic heterocycles. The SMILES string of the molecule is Cc1ccoc1C(=O)NCCCNC(=O)CC(C)C1CCNCC1.Cl. The number of aryl methyl sites for hydroxylation is 1. The van der Waals surface area contributed by atoms with Crippen molar-refractivity contribution in [2.75, 3.05) is 26.2 Å². The summed E-state index contributed by atoms with van der Waals surface area (Å²) in [6.07, 6.45) is 5.12. The second-order valence-electron chi connectivity index (χ2n) is 6.66. The van der Waals surface area contributed by atoms with Crippen molar-refractivity contribution in [3.8, 4) is 0 Å². The first kappa shape index (κ1) is 21.5. The first-order chi connectivity index (χ1) is 11.6. The summed E-state index contributed by atoms with van der Waals surface area (Å²) in [4.78, 5) is 23.8. The Bertz CT molecular complexity index is 541. The van der Waals surface area contributed by atoms with Gasteiger partial charge in [0.05, 0.1) is 6.26 Å². The Balaban J connectivity index is 0.00000312. The van der Waals surface area contributed by atoms with E-state index < -0.39 is 0 Å². The minimum absolute atomic E-state index is 0. The molecule has 0 bridgehead atoms. The van der Waals surface area contributed by atoms with Crippen LogP contribution in [-0.2, 0) is 4.79 Å². The van der Waals surface area contributed by atoms with Gasteiger partial charge in [-0.2, -0.15) is 0 Å². The first-order valence-corrected chi connectivity index (χ1v) is 8.87. The molecule has 1 unspecified atom stereocenters. The Morgan fingerprint density at radius 1 is 1.28 bits per heavy atom. The normalized spacial score (nSPS) is 15.9. The summed E-state index contributed by atoms with van der Waals surface area (Å²) < 4.78 is 5.14. The second kappa shape index (κ2) is 11.2. The highest BCUT2D eigenvalue weighted by molar-refractivity contribution is 5.92. The lowest BCUT2D eigenvalue weighted by Crippen LogP contribution is -2.34. The molecule has 0 saturated carbocycles. The molecule has 1 aliphatic heterocycles. The highest BCUT2D eigenvalue weighted by Crippen LogP contribution is 2.24. The monoisotopic (exact) mass is 371 g/mol. The van der Waals surface area contributed by atoms with Crippen LogP contribution in [0.4, 0.5) is 0 Å². The van der Waals surface area contributed by atoms with E-state index in [1.54, 1.807) is 6.07 Å². The Hall–Kier alpha value is -1.53. The molecule has 7 heteroatoms. The summed E-state index contributed by atoms with van der Waals surface area (Å²) in [5.74, 6) is 1.33. The van der Waals surface area contributed by atoms with Crippen molar-refractivity contribution in [1.29, 1.82) is 0 Å². The lowest BCUT2D eigenvalue weighted by molar-refractivity contribution is -0.122. The zero-order chi connectivity index (χ0) is 17.4. The topological polar surface area (TPSA) is 83.4 Å². The number of carbonyl (C=O) groups excluding carboxylic acids is 2. The van der Waals surface area contributed by atoms with Crippen molar-refractivity contribution in [1.82, 2.24) is 16.0 Å². The summed E-state index contributed by atoms with van der Waals surface area (Å²) in [6.45, 7) is 7.22. The van der Waals surface area contributed by atoms with E-state index in [4.69, 9.17) is 4.42 Å². The third kappa shape index (κ3) is 7.08. The number of piperidine rings is 1. The molecule has 1 atom stereocenters. The van der Waals surface area contributed by atoms with Crippen LogP contribution in [0.5, 0.6) is 0 Å². The fourth-order valence-electron chi connectivity index (χ4n) is 3.15. The van der Waals surface area contributed by atoms with Gasteiger partial charge in [0.15, 0.2) is 5.76 Å². The molecule has 1 aromatic rings. The van der Waals surface area contributed by atoms with E-state index in [0.717, 1.165) is 31.5 Å². The minimum Gasteiger partial charge on any atom is -0.459 e. The zero-order valence-electron chi connectivity index (χ0n) is 15.1. The van der Waals surface area contributed by atoms with Crippen LogP contribution in [0.3, 0.4) is 0 Å². The van der Waals surface area contributed by atoms with E-state index in [1.165, 1.54) is 6.26 Å². The van der Waals surface area contributed by atoms with Crippen LogP contribution in [0.15, 0.2) is 16.7 Å². The molecular weight excluding hydrogens is 342 g/mol. The maximum Gasteiger partial charge on any atom is 0.287 e. The van der Waals surface area contributed by atoms with Crippen LogP contribution in [0.2, 0.25) is 0 Å². The molecule has 3 N–H and O–H groups in total. The number of amides is 2. The molecule has 6 nitrogen and oxygen atoms in total. The Morgan fingerprint density at radius 3 is 2.60 bits per heavy atom. The van der Waals surface area contributed by atoms with Crippen LogP contribution in [-0.4, -0.2) is 38.0 Å². The number of halogens is 1. The third-order valence-corrected chi connectivity index (χ3v) is 4.73. The zero-order valence-corrected chi connectivity index (χ0v) is 15.9. The van der Waals surface area contributed by atoms with E-state index in [-0.39, 0.29) is 24.2 Å². The van der Waals surface area contributed by atoms with Gasteiger partial charge in [0.2, 0.25) is 5.91 Å². The Labute approximate surface area is 155 Å². The lowest BCUT2D eigenvalue weighted by Gasteiger charge is -2.27. The first-order valence-electron chi connectivity index (χ1n) is 8.87. The molecular formula is C18H30ClN3O3. The van der Waals surface area contributed by atoms with Crippen LogP contribution >= 0.6 is 12.4 Å². The minimum atomic E-state index is -0.205. The molecule has 0 aromatic carbocycles. The molecule has 1 saturated heterocycles. The average molecular weight is 372 g/mol. The van der Waals surface area contributed by atoms with E-state index >= 15 is 0 Å². The fraction of sp³-hybridized carbons (Fsp3) is 0.667. The van der Waals surface area contributed by atoms with Crippen molar-refractivity contribution < 1.29 is 14.0 Å². The van der Waals surface area contributed by atoms with Gasteiger partial charge in [-0.25, -0.2) is 0 Å². The number of carbonyl (C=O) groups is 2. The molecule has 2 rings (SSSR count). The second-order valence-corrected chi connectivity index (χ2v) is 6.66. The fourth-order valence-corrected chi connectivity index (χ4v) is 3.15. The number of rotatable bonds is 8. The third-order valence-electron chi connectivity index (χ3n) is 4.73. The van der Waals surface area contributed by atoms with Gasteiger partial charge < -0.3 is 20.4 Å². The van der Waals surface area contributed by atoms with Gasteiger partial charge in [0.1, 0.15) is 0 Å². The van der Waals surface area contributed by atoms with Crippen LogP contribution < -0.4 is 16.0 Å². The predicted molar refractivity (Wildman–Crippen MR) is 100 cm³/mol. The summed E-state index contributed by atoms with van der Waals surface area (Å²) >= 11 is 0. The summed E-state index contributed by atoms with van der Waals surface area (Å²) in [7, 11) is 0. The maximum atomic E-state index is 12.0. The van der Waals surface area contributed by atoms with Gasteiger partial charge in [-0.1, -0.05) is 6.92 Å². The maximum absolute atomic E-state index is 12.0. The summed E-state index contributed by atoms with van der Waals surface area (Å²) in [6, 6.07) is 1.76. The molecule has 1 fully saturated rings. The van der Waals surface area contributed by atoms with Crippen molar-refractivity contribution in [3.05, 3.63) is 23.7 Å². The van der Waals surface area contributed by atoms with E-state index in [1.807, 2.05) is 6.92 Å². The van der Waals surface area contributed by atoms with E-state index in [0.29, 0.717) is 43.5 Å². The Kier molecular flexibility index (Phi) is 9.60. The average Bonchev–Trinajstić information content (AvgIpc) is 3.01. The molecule has 1 aliphatic rings.